The highest BCUT2D eigenvalue weighted by Gasteiger charge is 2.21. The standard InChI is InChI=1S/C16H18Br2N2OS2/c17-13-7-14(23-15(13)18)16(21)19-8-11-3-1-5-20(9-11)10-12-4-2-6-22-12/h2,4,6-7,11H,1,3,5,8-10H2,(H,19,21). The average Bonchev–Trinajstić information content (AvgIpc) is 3.16. The molecule has 1 fully saturated rings. The topological polar surface area (TPSA) is 32.3 Å². The van der Waals surface area contributed by atoms with Crippen LogP contribution in [0.3, 0.4) is 0 Å². The molecule has 0 aliphatic carbocycles. The van der Waals surface area contributed by atoms with Gasteiger partial charge in [-0.3, -0.25) is 9.69 Å². The summed E-state index contributed by atoms with van der Waals surface area (Å²) in [7, 11) is 0. The van der Waals surface area contributed by atoms with Crippen LogP contribution in [-0.4, -0.2) is 30.4 Å². The smallest absolute Gasteiger partial charge is 0.261 e. The van der Waals surface area contributed by atoms with Crippen molar-refractivity contribution >= 4 is 60.4 Å². The number of hydrogen-bond donors (Lipinski definition) is 1. The number of hydrogen-bond acceptors (Lipinski definition) is 4. The second-order valence-electron chi connectivity index (χ2n) is 5.77. The fourth-order valence-electron chi connectivity index (χ4n) is 2.87. The molecule has 1 aliphatic rings. The molecular weight excluding hydrogens is 460 g/mol. The van der Waals surface area contributed by atoms with Crippen LogP contribution in [0.25, 0.3) is 0 Å². The van der Waals surface area contributed by atoms with Gasteiger partial charge >= 0.3 is 0 Å². The molecule has 3 nitrogen and oxygen atoms in total. The van der Waals surface area contributed by atoms with Gasteiger partial charge in [0.15, 0.2) is 0 Å². The molecule has 0 radical (unpaired) electrons. The van der Waals surface area contributed by atoms with Crippen LogP contribution in [0.15, 0.2) is 31.8 Å². The third-order valence-corrected chi connectivity index (χ3v) is 8.10. The van der Waals surface area contributed by atoms with E-state index in [0.29, 0.717) is 5.92 Å². The Kier molecular flexibility index (Phi) is 6.31. The molecular formula is C16H18Br2N2OS2. The van der Waals surface area contributed by atoms with Gasteiger partial charge in [0.05, 0.1) is 8.66 Å². The Morgan fingerprint density at radius 3 is 3.00 bits per heavy atom. The van der Waals surface area contributed by atoms with Crippen LogP contribution in [0, 0.1) is 5.92 Å². The third kappa shape index (κ3) is 4.89. The van der Waals surface area contributed by atoms with Gasteiger partial charge in [-0.05, 0) is 74.7 Å². The minimum absolute atomic E-state index is 0.0248. The maximum atomic E-state index is 12.2. The van der Waals surface area contributed by atoms with E-state index in [9.17, 15) is 4.79 Å². The summed E-state index contributed by atoms with van der Waals surface area (Å²) >= 11 is 10.1. The van der Waals surface area contributed by atoms with Crippen molar-refractivity contribution in [1.29, 1.82) is 0 Å². The summed E-state index contributed by atoms with van der Waals surface area (Å²) in [5, 5.41) is 5.23. The molecule has 2 aromatic rings. The first-order valence-electron chi connectivity index (χ1n) is 7.59. The molecule has 1 unspecified atom stereocenters. The Bertz CT molecular complexity index is 638. The van der Waals surface area contributed by atoms with Gasteiger partial charge in [-0.15, -0.1) is 22.7 Å². The van der Waals surface area contributed by atoms with E-state index >= 15 is 0 Å². The van der Waals surface area contributed by atoms with Gasteiger partial charge in [0.1, 0.15) is 0 Å². The van der Waals surface area contributed by atoms with E-state index in [0.717, 1.165) is 39.3 Å². The van der Waals surface area contributed by atoms with Crippen LogP contribution < -0.4 is 5.32 Å². The molecule has 0 saturated carbocycles. The highest BCUT2D eigenvalue weighted by Crippen LogP contribution is 2.32. The number of halogens is 2. The van der Waals surface area contributed by atoms with Crippen molar-refractivity contribution in [2.45, 2.75) is 19.4 Å². The SMILES string of the molecule is O=C(NCC1CCCN(Cc2cccs2)C1)c1cc(Br)c(Br)s1. The Hall–Kier alpha value is -0.210. The lowest BCUT2D eigenvalue weighted by Gasteiger charge is -2.32. The first kappa shape index (κ1) is 17.6. The highest BCUT2D eigenvalue weighted by atomic mass is 79.9. The number of piperidine rings is 1. The molecule has 7 heteroatoms. The van der Waals surface area contributed by atoms with Crippen LogP contribution >= 0.6 is 54.5 Å². The summed E-state index contributed by atoms with van der Waals surface area (Å²) < 4.78 is 1.90. The van der Waals surface area contributed by atoms with Crippen LogP contribution in [-0.2, 0) is 6.54 Å². The van der Waals surface area contributed by atoms with Gasteiger partial charge in [0.25, 0.3) is 5.91 Å². The monoisotopic (exact) mass is 476 g/mol. The molecule has 1 atom stereocenters. The number of carbonyl (C=O) groups excluding carboxylic acids is 1. The molecule has 23 heavy (non-hydrogen) atoms. The fourth-order valence-corrected chi connectivity index (χ4v) is 5.57. The lowest BCUT2D eigenvalue weighted by atomic mass is 9.98. The number of carbonyl (C=O) groups is 1. The van der Waals surface area contributed by atoms with Gasteiger partial charge in [0, 0.05) is 29.0 Å². The van der Waals surface area contributed by atoms with Gasteiger partial charge in [-0.25, -0.2) is 0 Å². The van der Waals surface area contributed by atoms with Gasteiger partial charge in [-0.1, -0.05) is 6.07 Å². The number of rotatable bonds is 5. The van der Waals surface area contributed by atoms with E-state index < -0.39 is 0 Å². The zero-order valence-electron chi connectivity index (χ0n) is 12.6. The fraction of sp³-hybridized carbons (Fsp3) is 0.438. The Labute approximate surface area is 161 Å². The van der Waals surface area contributed by atoms with Gasteiger partial charge in [-0.2, -0.15) is 0 Å². The number of amides is 1. The summed E-state index contributed by atoms with van der Waals surface area (Å²) in [6.07, 6.45) is 2.40. The first-order valence-corrected chi connectivity index (χ1v) is 10.9. The summed E-state index contributed by atoms with van der Waals surface area (Å²) in [5.74, 6) is 0.566. The number of nitrogens with one attached hydrogen (secondary N) is 1. The zero-order valence-corrected chi connectivity index (χ0v) is 17.4. The Morgan fingerprint density at radius 2 is 2.30 bits per heavy atom. The van der Waals surface area contributed by atoms with Crippen molar-refractivity contribution in [3.8, 4) is 0 Å². The summed E-state index contributed by atoms with van der Waals surface area (Å²) in [6, 6.07) is 6.18. The normalized spacial score (nSPS) is 19.0. The predicted molar refractivity (Wildman–Crippen MR) is 104 cm³/mol. The van der Waals surface area contributed by atoms with Crippen LogP contribution in [0.5, 0.6) is 0 Å². The van der Waals surface area contributed by atoms with Gasteiger partial charge < -0.3 is 5.32 Å². The van der Waals surface area contributed by atoms with Crippen LogP contribution in [0.2, 0.25) is 0 Å². The maximum absolute atomic E-state index is 12.2. The zero-order chi connectivity index (χ0) is 16.2. The van der Waals surface area contributed by atoms with Crippen molar-refractivity contribution in [1.82, 2.24) is 10.2 Å². The molecule has 1 N–H and O–H groups in total. The molecule has 1 saturated heterocycles. The number of likely N-dealkylation sites (tertiary alicyclic amines) is 1. The average molecular weight is 478 g/mol. The second-order valence-corrected chi connectivity index (χ2v) is 10.0. The van der Waals surface area contributed by atoms with E-state index in [1.54, 1.807) is 0 Å². The molecule has 0 bridgehead atoms. The molecule has 124 valence electrons. The largest absolute Gasteiger partial charge is 0.351 e. The molecule has 2 aromatic heterocycles. The van der Waals surface area contributed by atoms with Crippen molar-refractivity contribution in [2.24, 2.45) is 5.92 Å². The van der Waals surface area contributed by atoms with Crippen LogP contribution in [0.1, 0.15) is 27.4 Å². The molecule has 3 heterocycles. The van der Waals surface area contributed by atoms with Crippen molar-refractivity contribution < 1.29 is 4.79 Å². The molecule has 3 rings (SSSR count). The summed E-state index contributed by atoms with van der Waals surface area (Å²) in [6.45, 7) is 4.02. The maximum Gasteiger partial charge on any atom is 0.261 e. The Morgan fingerprint density at radius 1 is 1.43 bits per heavy atom. The van der Waals surface area contributed by atoms with E-state index in [1.807, 2.05) is 17.4 Å². The lowest BCUT2D eigenvalue weighted by molar-refractivity contribution is 0.0935. The van der Waals surface area contributed by atoms with E-state index in [-0.39, 0.29) is 5.91 Å². The Balaban J connectivity index is 1.48. The predicted octanol–water partition coefficient (Wildman–Crippen LogP) is 4.98. The number of nitrogens with zero attached hydrogens (tertiary/aromatic N) is 1. The summed E-state index contributed by atoms with van der Waals surface area (Å²) in [5.41, 5.74) is 0. The highest BCUT2D eigenvalue weighted by molar-refractivity contribution is 9.13. The first-order chi connectivity index (χ1) is 11.1. The quantitative estimate of drug-likeness (QED) is 0.658. The van der Waals surface area contributed by atoms with Gasteiger partial charge in [0.2, 0.25) is 0 Å². The lowest BCUT2D eigenvalue weighted by Crippen LogP contribution is -2.40. The van der Waals surface area contributed by atoms with E-state index in [1.165, 1.54) is 29.1 Å². The molecule has 0 aromatic carbocycles. The second kappa shape index (κ2) is 8.25. The van der Waals surface area contributed by atoms with E-state index in [4.69, 9.17) is 0 Å². The molecule has 0 spiro atoms. The van der Waals surface area contributed by atoms with Crippen molar-refractivity contribution in [3.63, 3.8) is 0 Å². The van der Waals surface area contributed by atoms with Crippen molar-refractivity contribution in [3.05, 3.63) is 41.6 Å². The minimum atomic E-state index is 0.0248. The minimum Gasteiger partial charge on any atom is -0.351 e. The van der Waals surface area contributed by atoms with E-state index in [2.05, 4.69) is 59.6 Å². The summed E-state index contributed by atoms with van der Waals surface area (Å²) in [4.78, 5) is 16.9. The molecule has 1 aliphatic heterocycles. The van der Waals surface area contributed by atoms with Crippen LogP contribution in [0.4, 0.5) is 0 Å². The number of thiophene rings is 2. The third-order valence-electron chi connectivity index (χ3n) is 3.98. The van der Waals surface area contributed by atoms with Crippen molar-refractivity contribution in [2.75, 3.05) is 19.6 Å². The molecule has 1 amide bonds.